The summed E-state index contributed by atoms with van der Waals surface area (Å²) in [5.41, 5.74) is 6.68. The molecule has 0 fully saturated rings. The van der Waals surface area contributed by atoms with Crippen molar-refractivity contribution in [2.45, 2.75) is 38.6 Å². The molecule has 0 saturated heterocycles. The highest BCUT2D eigenvalue weighted by Crippen LogP contribution is 2.25. The Hall–Kier alpha value is -1.23. The summed E-state index contributed by atoms with van der Waals surface area (Å²) in [5, 5.41) is 0. The van der Waals surface area contributed by atoms with E-state index in [2.05, 4.69) is 0 Å². The van der Waals surface area contributed by atoms with Crippen molar-refractivity contribution in [2.24, 2.45) is 5.73 Å². The van der Waals surface area contributed by atoms with Crippen molar-refractivity contribution in [2.75, 3.05) is 0 Å². The lowest BCUT2D eigenvalue weighted by atomic mass is 10.1. The first-order valence-corrected chi connectivity index (χ1v) is 5.43. The van der Waals surface area contributed by atoms with Crippen LogP contribution in [0, 0.1) is 0 Å². The van der Waals surface area contributed by atoms with E-state index in [9.17, 15) is 13.2 Å². The predicted octanol–water partition coefficient (Wildman–Crippen LogP) is 3.43. The van der Waals surface area contributed by atoms with Crippen LogP contribution in [0.25, 0.3) is 0 Å². The molecular weight excluding hydrogens is 231 g/mol. The Labute approximate surface area is 98.6 Å². The molecule has 96 valence electrons. The maximum atomic E-state index is 12.3. The van der Waals surface area contributed by atoms with Gasteiger partial charge in [0.1, 0.15) is 5.75 Å². The molecule has 2 N–H and O–H groups in total. The highest BCUT2D eigenvalue weighted by atomic mass is 19.4. The van der Waals surface area contributed by atoms with E-state index >= 15 is 0 Å². The fraction of sp³-hybridized carbons (Fsp3) is 0.500. The average Bonchev–Trinajstić information content (AvgIpc) is 2.27. The summed E-state index contributed by atoms with van der Waals surface area (Å²) in [7, 11) is 0. The number of hydrogen-bond acceptors (Lipinski definition) is 2. The maximum Gasteiger partial charge on any atom is 0.425 e. The second-order valence-corrected chi connectivity index (χ2v) is 3.89. The average molecular weight is 247 g/mol. The van der Waals surface area contributed by atoms with Gasteiger partial charge in [0.2, 0.25) is 0 Å². The summed E-state index contributed by atoms with van der Waals surface area (Å²) < 4.78 is 41.5. The first-order chi connectivity index (χ1) is 7.84. The zero-order valence-corrected chi connectivity index (χ0v) is 9.79. The summed E-state index contributed by atoms with van der Waals surface area (Å²) in [5.74, 6) is 0.196. The number of hydrogen-bond donors (Lipinski definition) is 1. The predicted molar refractivity (Wildman–Crippen MR) is 59.8 cm³/mol. The number of nitrogens with two attached hydrogens (primary N) is 1. The van der Waals surface area contributed by atoms with Gasteiger partial charge in [0.05, 0.1) is 0 Å². The van der Waals surface area contributed by atoms with Crippen molar-refractivity contribution in [1.29, 1.82) is 0 Å². The molecular formula is C12H16F3NO. The Bertz CT molecular complexity index is 348. The molecule has 1 rings (SSSR count). The van der Waals surface area contributed by atoms with Gasteiger partial charge in [-0.25, -0.2) is 0 Å². The third-order valence-corrected chi connectivity index (χ3v) is 2.52. The summed E-state index contributed by atoms with van der Waals surface area (Å²) in [6.07, 6.45) is -5.38. The summed E-state index contributed by atoms with van der Waals surface area (Å²) in [6, 6.07) is 6.29. The zero-order valence-electron chi connectivity index (χ0n) is 9.79. The van der Waals surface area contributed by atoms with Gasteiger partial charge in [0.25, 0.3) is 0 Å². The van der Waals surface area contributed by atoms with Gasteiger partial charge in [-0.2, -0.15) is 13.2 Å². The second kappa shape index (κ2) is 5.40. The van der Waals surface area contributed by atoms with Crippen molar-refractivity contribution in [3.05, 3.63) is 29.8 Å². The number of benzene rings is 1. The van der Waals surface area contributed by atoms with Crippen molar-refractivity contribution >= 4 is 0 Å². The molecule has 2 nitrogen and oxygen atoms in total. The van der Waals surface area contributed by atoms with Crippen LogP contribution in [0.4, 0.5) is 13.2 Å². The van der Waals surface area contributed by atoms with Gasteiger partial charge >= 0.3 is 6.18 Å². The monoisotopic (exact) mass is 247 g/mol. The molecule has 0 aliphatic carbocycles. The molecule has 1 unspecified atom stereocenters. The fourth-order valence-corrected chi connectivity index (χ4v) is 1.30. The number of ether oxygens (including phenoxy) is 1. The smallest absolute Gasteiger partial charge is 0.425 e. The lowest BCUT2D eigenvalue weighted by molar-refractivity contribution is -0.189. The van der Waals surface area contributed by atoms with E-state index in [1.807, 2.05) is 6.92 Å². The molecule has 0 aliphatic rings. The molecule has 2 atom stereocenters. The first kappa shape index (κ1) is 13.8. The summed E-state index contributed by atoms with van der Waals surface area (Å²) >= 11 is 0. The van der Waals surface area contributed by atoms with Crippen LogP contribution in [0.5, 0.6) is 5.75 Å². The molecule has 0 aliphatic heterocycles. The number of rotatable bonds is 4. The number of alkyl halides is 3. The second-order valence-electron chi connectivity index (χ2n) is 3.89. The van der Waals surface area contributed by atoms with Crippen LogP contribution in [0.3, 0.4) is 0 Å². The van der Waals surface area contributed by atoms with Gasteiger partial charge in [-0.05, 0) is 31.0 Å². The van der Waals surface area contributed by atoms with E-state index in [-0.39, 0.29) is 11.8 Å². The quantitative estimate of drug-likeness (QED) is 0.884. The van der Waals surface area contributed by atoms with Gasteiger partial charge in [0.15, 0.2) is 6.10 Å². The Kier molecular flexibility index (Phi) is 4.40. The summed E-state index contributed by atoms with van der Waals surface area (Å²) in [6.45, 7) is 2.92. The van der Waals surface area contributed by atoms with Crippen molar-refractivity contribution in [3.63, 3.8) is 0 Å². The molecule has 0 saturated carbocycles. The van der Waals surface area contributed by atoms with E-state index in [0.717, 1.165) is 18.9 Å². The third-order valence-electron chi connectivity index (χ3n) is 2.52. The molecule has 0 amide bonds. The maximum absolute atomic E-state index is 12.3. The summed E-state index contributed by atoms with van der Waals surface area (Å²) in [4.78, 5) is 0. The SMILES string of the molecule is CC[C@H](N)c1ccc(OC(C)C(F)(F)F)cc1. The van der Waals surface area contributed by atoms with Gasteiger partial charge in [-0.15, -0.1) is 0 Å². The highest BCUT2D eigenvalue weighted by Gasteiger charge is 2.37. The van der Waals surface area contributed by atoms with Gasteiger partial charge in [-0.3, -0.25) is 0 Å². The fourth-order valence-electron chi connectivity index (χ4n) is 1.30. The lowest BCUT2D eigenvalue weighted by Crippen LogP contribution is -2.31. The van der Waals surface area contributed by atoms with E-state index in [4.69, 9.17) is 10.5 Å². The van der Waals surface area contributed by atoms with Crippen LogP contribution in [-0.2, 0) is 0 Å². The van der Waals surface area contributed by atoms with E-state index in [1.54, 1.807) is 12.1 Å². The standard InChI is InChI=1S/C12H16F3NO/c1-3-11(16)9-4-6-10(7-5-9)17-8(2)12(13,14)15/h4-8,11H,3,16H2,1-2H3/t8?,11-/m0/s1. The Morgan fingerprint density at radius 3 is 2.18 bits per heavy atom. The molecule has 0 heterocycles. The van der Waals surface area contributed by atoms with Crippen LogP contribution in [0.15, 0.2) is 24.3 Å². The molecule has 1 aromatic rings. The minimum absolute atomic E-state index is 0.0934. The lowest BCUT2D eigenvalue weighted by Gasteiger charge is -2.18. The van der Waals surface area contributed by atoms with Gasteiger partial charge in [0, 0.05) is 6.04 Å². The van der Waals surface area contributed by atoms with E-state index < -0.39 is 12.3 Å². The topological polar surface area (TPSA) is 35.2 Å². The molecule has 0 radical (unpaired) electrons. The normalized spacial score (nSPS) is 15.4. The molecule has 0 bridgehead atoms. The third kappa shape index (κ3) is 3.93. The van der Waals surface area contributed by atoms with E-state index in [1.165, 1.54) is 12.1 Å². The van der Waals surface area contributed by atoms with Crippen LogP contribution in [-0.4, -0.2) is 12.3 Å². The van der Waals surface area contributed by atoms with Crippen LogP contribution in [0.1, 0.15) is 31.9 Å². The van der Waals surface area contributed by atoms with Crippen LogP contribution < -0.4 is 10.5 Å². The molecule has 1 aromatic carbocycles. The largest absolute Gasteiger partial charge is 0.481 e. The minimum Gasteiger partial charge on any atom is -0.481 e. The van der Waals surface area contributed by atoms with E-state index in [0.29, 0.717) is 0 Å². The van der Waals surface area contributed by atoms with Crippen molar-refractivity contribution < 1.29 is 17.9 Å². The van der Waals surface area contributed by atoms with Crippen LogP contribution in [0.2, 0.25) is 0 Å². The number of halogens is 3. The zero-order chi connectivity index (χ0) is 13.1. The Balaban J connectivity index is 2.69. The molecule has 0 spiro atoms. The van der Waals surface area contributed by atoms with Gasteiger partial charge < -0.3 is 10.5 Å². The minimum atomic E-state index is -4.35. The Morgan fingerprint density at radius 2 is 1.76 bits per heavy atom. The first-order valence-electron chi connectivity index (χ1n) is 5.43. The van der Waals surface area contributed by atoms with Crippen molar-refractivity contribution in [3.8, 4) is 5.75 Å². The molecule has 0 aromatic heterocycles. The molecule has 5 heteroatoms. The molecule has 17 heavy (non-hydrogen) atoms. The van der Waals surface area contributed by atoms with Crippen LogP contribution >= 0.6 is 0 Å². The van der Waals surface area contributed by atoms with Crippen molar-refractivity contribution in [1.82, 2.24) is 0 Å². The Morgan fingerprint density at radius 1 is 1.24 bits per heavy atom. The highest BCUT2D eigenvalue weighted by molar-refractivity contribution is 5.29. The van der Waals surface area contributed by atoms with Gasteiger partial charge in [-0.1, -0.05) is 19.1 Å².